The fourth-order valence-electron chi connectivity index (χ4n) is 3.77. The van der Waals surface area contributed by atoms with Gasteiger partial charge in [0.05, 0.1) is 18.3 Å². The number of ether oxygens (including phenoxy) is 2. The zero-order valence-electron chi connectivity index (χ0n) is 22.7. The van der Waals surface area contributed by atoms with Gasteiger partial charge in [-0.3, -0.25) is 9.36 Å². The molecule has 0 saturated heterocycles. The maximum Gasteiger partial charge on any atom is 0.351 e. The van der Waals surface area contributed by atoms with Crippen LogP contribution in [-0.4, -0.2) is 39.9 Å². The van der Waals surface area contributed by atoms with E-state index in [2.05, 4.69) is 10.1 Å². The van der Waals surface area contributed by atoms with E-state index in [-0.39, 0.29) is 11.9 Å². The van der Waals surface area contributed by atoms with Crippen LogP contribution in [0, 0.1) is 0 Å². The zero-order valence-corrected chi connectivity index (χ0v) is 23.6. The van der Waals surface area contributed by atoms with Gasteiger partial charge >= 0.3 is 20.2 Å². The standard InChI is InChI=1S/C27H37N4O6P/c1-7-23(35-20(6)31-16-15-25(28)29-27(31)33)19(5)36-38(30-18(4)26(32)34-17(2)3)37-24-14-10-12-21-11-8-9-13-22(21)24/h8-20,23,30H,7H2,1-6H3,(H2,28,29,33). The molecule has 0 aliphatic heterocycles. The van der Waals surface area contributed by atoms with Crippen LogP contribution < -0.4 is 21.0 Å². The topological polar surface area (TPSA) is 127 Å². The van der Waals surface area contributed by atoms with E-state index in [1.165, 1.54) is 4.57 Å². The quantitative estimate of drug-likeness (QED) is 0.227. The summed E-state index contributed by atoms with van der Waals surface area (Å²) in [6, 6.07) is 14.5. The summed E-state index contributed by atoms with van der Waals surface area (Å²) in [5.74, 6) is 0.368. The number of esters is 1. The molecule has 2 aromatic carbocycles. The molecule has 1 aromatic heterocycles. The van der Waals surface area contributed by atoms with Gasteiger partial charge in [0.1, 0.15) is 23.8 Å². The minimum Gasteiger partial charge on any atom is -0.462 e. The van der Waals surface area contributed by atoms with E-state index in [1.54, 1.807) is 40.0 Å². The molecule has 0 aliphatic carbocycles. The highest BCUT2D eigenvalue weighted by Crippen LogP contribution is 2.41. The van der Waals surface area contributed by atoms with Crippen LogP contribution in [0.25, 0.3) is 10.8 Å². The van der Waals surface area contributed by atoms with Crippen molar-refractivity contribution in [1.29, 1.82) is 0 Å². The number of anilines is 1. The Balaban J connectivity index is 1.80. The van der Waals surface area contributed by atoms with Crippen LogP contribution in [0.4, 0.5) is 5.82 Å². The molecule has 10 nitrogen and oxygen atoms in total. The maximum atomic E-state index is 12.5. The molecule has 206 valence electrons. The van der Waals surface area contributed by atoms with Gasteiger partial charge in [-0.15, -0.1) is 0 Å². The summed E-state index contributed by atoms with van der Waals surface area (Å²) in [4.78, 5) is 28.6. The molecule has 0 bridgehead atoms. The SMILES string of the molecule is CCC(OC(C)n1ccc(N)nc1=O)C(C)OP(NC(C)C(=O)OC(C)C)Oc1cccc2ccccc12. The van der Waals surface area contributed by atoms with Crippen molar-refractivity contribution < 1.29 is 23.3 Å². The van der Waals surface area contributed by atoms with Gasteiger partial charge < -0.3 is 24.3 Å². The smallest absolute Gasteiger partial charge is 0.351 e. The van der Waals surface area contributed by atoms with Gasteiger partial charge in [-0.25, -0.2) is 9.88 Å². The average Bonchev–Trinajstić information content (AvgIpc) is 2.86. The lowest BCUT2D eigenvalue weighted by Crippen LogP contribution is -2.37. The van der Waals surface area contributed by atoms with Crippen molar-refractivity contribution in [2.24, 2.45) is 0 Å². The molecule has 0 radical (unpaired) electrons. The van der Waals surface area contributed by atoms with Crippen molar-refractivity contribution in [3.05, 3.63) is 65.2 Å². The van der Waals surface area contributed by atoms with Crippen LogP contribution in [0.3, 0.4) is 0 Å². The largest absolute Gasteiger partial charge is 0.462 e. The fourth-order valence-corrected chi connectivity index (χ4v) is 5.12. The predicted molar refractivity (Wildman–Crippen MR) is 149 cm³/mol. The molecule has 3 N–H and O–H groups in total. The minimum atomic E-state index is -1.80. The molecule has 0 amide bonds. The monoisotopic (exact) mass is 544 g/mol. The first-order valence-corrected chi connectivity index (χ1v) is 13.9. The van der Waals surface area contributed by atoms with E-state index in [4.69, 9.17) is 24.3 Å². The van der Waals surface area contributed by atoms with Gasteiger partial charge in [0.15, 0.2) is 0 Å². The molecule has 38 heavy (non-hydrogen) atoms. The van der Waals surface area contributed by atoms with Gasteiger partial charge in [-0.1, -0.05) is 43.3 Å². The Kier molecular flexibility index (Phi) is 10.6. The summed E-state index contributed by atoms with van der Waals surface area (Å²) in [6.45, 7) is 10.9. The summed E-state index contributed by atoms with van der Waals surface area (Å²) in [5, 5.41) is 5.10. The molecule has 5 atom stereocenters. The lowest BCUT2D eigenvalue weighted by Gasteiger charge is -2.30. The number of carbonyl (C=O) groups is 1. The van der Waals surface area contributed by atoms with Crippen LogP contribution in [0.15, 0.2) is 59.5 Å². The number of aromatic nitrogens is 2. The van der Waals surface area contributed by atoms with Gasteiger partial charge in [0.2, 0.25) is 0 Å². The summed E-state index contributed by atoms with van der Waals surface area (Å²) in [5.41, 5.74) is 5.11. The highest BCUT2D eigenvalue weighted by molar-refractivity contribution is 7.45. The second kappa shape index (κ2) is 13.7. The molecule has 1 heterocycles. The first-order valence-electron chi connectivity index (χ1n) is 12.7. The second-order valence-electron chi connectivity index (χ2n) is 9.20. The number of nitrogens with one attached hydrogen (secondary N) is 1. The van der Waals surface area contributed by atoms with Crippen LogP contribution in [0.1, 0.15) is 54.2 Å². The Hall–Kier alpha value is -3.04. The second-order valence-corrected chi connectivity index (χ2v) is 10.4. The van der Waals surface area contributed by atoms with Gasteiger partial charge in [0, 0.05) is 11.6 Å². The molecule has 0 spiro atoms. The van der Waals surface area contributed by atoms with Crippen molar-refractivity contribution in [1.82, 2.24) is 14.6 Å². The summed E-state index contributed by atoms with van der Waals surface area (Å²) in [6.07, 6.45) is 0.447. The molecular weight excluding hydrogens is 507 g/mol. The number of hydrogen-bond acceptors (Lipinski definition) is 9. The molecule has 0 saturated carbocycles. The number of hydrogen-bond donors (Lipinski definition) is 2. The molecule has 0 fully saturated rings. The molecule has 3 rings (SSSR count). The van der Waals surface area contributed by atoms with E-state index in [0.29, 0.717) is 12.2 Å². The summed E-state index contributed by atoms with van der Waals surface area (Å²) in [7, 11) is -1.80. The van der Waals surface area contributed by atoms with Crippen LogP contribution >= 0.6 is 8.53 Å². The first kappa shape index (κ1) is 29.5. The van der Waals surface area contributed by atoms with Crippen LogP contribution in [0.5, 0.6) is 5.75 Å². The number of nitrogens with two attached hydrogens (primary N) is 1. The minimum absolute atomic E-state index is 0.148. The van der Waals surface area contributed by atoms with E-state index < -0.39 is 44.7 Å². The Morgan fingerprint density at radius 1 is 1.08 bits per heavy atom. The Morgan fingerprint density at radius 3 is 2.47 bits per heavy atom. The third-order valence-corrected chi connectivity index (χ3v) is 7.22. The lowest BCUT2D eigenvalue weighted by molar-refractivity contribution is -0.149. The lowest BCUT2D eigenvalue weighted by atomic mass is 10.1. The number of carbonyl (C=O) groups excluding carboxylic acids is 1. The molecule has 3 aromatic rings. The Morgan fingerprint density at radius 2 is 1.79 bits per heavy atom. The van der Waals surface area contributed by atoms with Crippen molar-refractivity contribution >= 4 is 31.1 Å². The number of nitrogen functional groups attached to an aromatic ring is 1. The molecular formula is C27H37N4O6P. The van der Waals surface area contributed by atoms with Gasteiger partial charge in [-0.2, -0.15) is 4.98 Å². The third-order valence-electron chi connectivity index (χ3n) is 5.74. The molecule has 5 unspecified atom stereocenters. The first-order chi connectivity index (χ1) is 18.1. The normalized spacial score (nSPS) is 15.6. The number of fused-ring (bicyclic) bond motifs is 1. The van der Waals surface area contributed by atoms with Gasteiger partial charge in [-0.05, 0) is 58.6 Å². The Labute approximate surface area is 224 Å². The molecule has 11 heteroatoms. The third kappa shape index (κ3) is 7.98. The van der Waals surface area contributed by atoms with E-state index >= 15 is 0 Å². The highest BCUT2D eigenvalue weighted by Gasteiger charge is 2.29. The summed E-state index contributed by atoms with van der Waals surface area (Å²) >= 11 is 0. The predicted octanol–water partition coefficient (Wildman–Crippen LogP) is 4.93. The van der Waals surface area contributed by atoms with Crippen molar-refractivity contribution in [3.63, 3.8) is 0 Å². The van der Waals surface area contributed by atoms with Crippen molar-refractivity contribution in [2.45, 2.75) is 78.5 Å². The Bertz CT molecular complexity index is 1260. The van der Waals surface area contributed by atoms with Crippen LogP contribution in [-0.2, 0) is 18.8 Å². The number of benzene rings is 2. The summed E-state index contributed by atoms with van der Waals surface area (Å²) < 4.78 is 25.6. The van der Waals surface area contributed by atoms with E-state index in [1.807, 2.05) is 56.3 Å². The zero-order chi connectivity index (χ0) is 27.8. The maximum absolute atomic E-state index is 12.5. The fraction of sp³-hybridized carbons (Fsp3) is 0.444. The van der Waals surface area contributed by atoms with Gasteiger partial charge in [0.25, 0.3) is 0 Å². The van der Waals surface area contributed by atoms with E-state index in [0.717, 1.165) is 10.8 Å². The average molecular weight is 545 g/mol. The van der Waals surface area contributed by atoms with Crippen LogP contribution in [0.2, 0.25) is 0 Å². The molecule has 0 aliphatic rings. The van der Waals surface area contributed by atoms with Crippen molar-refractivity contribution in [3.8, 4) is 5.75 Å². The highest BCUT2D eigenvalue weighted by atomic mass is 31.2. The van der Waals surface area contributed by atoms with E-state index in [9.17, 15) is 9.59 Å². The number of rotatable bonds is 13. The number of nitrogens with zero attached hydrogens (tertiary/aromatic N) is 2. The van der Waals surface area contributed by atoms with Crippen molar-refractivity contribution in [2.75, 3.05) is 5.73 Å².